The molecule has 5 heteroatoms. The molecule has 0 aromatic heterocycles. The maximum absolute atomic E-state index is 11.6. The molecule has 1 rings (SSSR count). The molecular weight excluding hydrogens is 232 g/mol. The van der Waals surface area contributed by atoms with Crippen molar-refractivity contribution in [1.29, 1.82) is 0 Å². The summed E-state index contributed by atoms with van der Waals surface area (Å²) in [7, 11) is 0. The zero-order valence-corrected chi connectivity index (χ0v) is 11.7. The van der Waals surface area contributed by atoms with Crippen LogP contribution in [-0.2, 0) is 9.47 Å². The van der Waals surface area contributed by atoms with Gasteiger partial charge in [-0.15, -0.1) is 0 Å². The lowest BCUT2D eigenvalue weighted by atomic mass is 9.88. The van der Waals surface area contributed by atoms with Gasteiger partial charge in [-0.1, -0.05) is 0 Å². The first-order valence-corrected chi connectivity index (χ1v) is 6.67. The second-order valence-corrected chi connectivity index (χ2v) is 5.86. The molecule has 3 N–H and O–H groups in total. The fraction of sp³-hybridized carbons (Fsp3) is 0.923. The monoisotopic (exact) mass is 258 g/mol. The number of nitrogens with one attached hydrogen (secondary N) is 1. The van der Waals surface area contributed by atoms with Gasteiger partial charge in [-0.05, 0) is 52.0 Å². The maximum Gasteiger partial charge on any atom is 0.407 e. The minimum atomic E-state index is -0.462. The summed E-state index contributed by atoms with van der Waals surface area (Å²) in [6.45, 7) is 8.25. The van der Waals surface area contributed by atoms with Crippen LogP contribution in [0.25, 0.3) is 0 Å². The number of amides is 1. The van der Waals surface area contributed by atoms with Crippen molar-refractivity contribution in [3.63, 3.8) is 0 Å². The molecule has 1 heterocycles. The van der Waals surface area contributed by atoms with E-state index in [1.54, 1.807) is 0 Å². The molecule has 18 heavy (non-hydrogen) atoms. The number of hydrogen-bond donors (Lipinski definition) is 2. The third kappa shape index (κ3) is 5.69. The molecule has 0 saturated carbocycles. The van der Waals surface area contributed by atoms with Crippen LogP contribution < -0.4 is 11.1 Å². The topological polar surface area (TPSA) is 73.6 Å². The van der Waals surface area contributed by atoms with Gasteiger partial charge in [0.25, 0.3) is 0 Å². The summed E-state index contributed by atoms with van der Waals surface area (Å²) >= 11 is 0. The van der Waals surface area contributed by atoms with Gasteiger partial charge in [0.1, 0.15) is 5.60 Å². The minimum Gasteiger partial charge on any atom is -0.444 e. The number of hydrogen-bond acceptors (Lipinski definition) is 4. The molecule has 1 saturated heterocycles. The van der Waals surface area contributed by atoms with Crippen molar-refractivity contribution in [3.05, 3.63) is 0 Å². The molecule has 1 aliphatic rings. The summed E-state index contributed by atoms with van der Waals surface area (Å²) in [5, 5.41) is 2.79. The first-order valence-electron chi connectivity index (χ1n) is 6.67. The lowest BCUT2D eigenvalue weighted by Gasteiger charge is -2.29. The third-order valence-electron chi connectivity index (χ3n) is 3.07. The molecule has 1 aliphatic heterocycles. The summed E-state index contributed by atoms with van der Waals surface area (Å²) in [4.78, 5) is 11.6. The Morgan fingerprint density at radius 2 is 2.28 bits per heavy atom. The molecule has 0 aromatic rings. The van der Waals surface area contributed by atoms with Gasteiger partial charge in [0, 0.05) is 19.8 Å². The van der Waals surface area contributed by atoms with Gasteiger partial charge in [-0.2, -0.15) is 0 Å². The van der Waals surface area contributed by atoms with Crippen LogP contribution in [0.2, 0.25) is 0 Å². The molecule has 2 unspecified atom stereocenters. The van der Waals surface area contributed by atoms with Crippen LogP contribution in [0.3, 0.4) is 0 Å². The van der Waals surface area contributed by atoms with Gasteiger partial charge in [0.15, 0.2) is 0 Å². The summed E-state index contributed by atoms with van der Waals surface area (Å²) < 4.78 is 10.7. The zero-order valence-electron chi connectivity index (χ0n) is 11.7. The predicted octanol–water partition coefficient (Wildman–Crippen LogP) is 1.51. The number of carbonyl (C=O) groups is 1. The normalized spacial score (nSPS) is 22.3. The van der Waals surface area contributed by atoms with Gasteiger partial charge >= 0.3 is 6.09 Å². The van der Waals surface area contributed by atoms with E-state index in [0.29, 0.717) is 19.0 Å². The molecule has 0 aliphatic carbocycles. The van der Waals surface area contributed by atoms with E-state index in [-0.39, 0.29) is 12.0 Å². The highest BCUT2D eigenvalue weighted by Crippen LogP contribution is 2.21. The number of carbonyl (C=O) groups excluding carboxylic acids is 1. The maximum atomic E-state index is 11.6. The average molecular weight is 258 g/mol. The molecule has 1 amide bonds. The Balaban J connectivity index is 2.32. The predicted molar refractivity (Wildman–Crippen MR) is 70.3 cm³/mol. The highest BCUT2D eigenvalue weighted by atomic mass is 16.6. The number of alkyl carbamates (subject to hydrolysis) is 1. The zero-order chi connectivity index (χ0) is 13.6. The average Bonchev–Trinajstić information content (AvgIpc) is 2.29. The Morgan fingerprint density at radius 3 is 2.78 bits per heavy atom. The smallest absolute Gasteiger partial charge is 0.407 e. The molecule has 0 aromatic carbocycles. The third-order valence-corrected chi connectivity index (χ3v) is 3.07. The van der Waals surface area contributed by atoms with Gasteiger partial charge in [0.2, 0.25) is 0 Å². The second-order valence-electron chi connectivity index (χ2n) is 5.86. The fourth-order valence-corrected chi connectivity index (χ4v) is 2.11. The van der Waals surface area contributed by atoms with Crippen molar-refractivity contribution >= 4 is 6.09 Å². The van der Waals surface area contributed by atoms with E-state index >= 15 is 0 Å². The highest BCUT2D eigenvalue weighted by Gasteiger charge is 2.24. The lowest BCUT2D eigenvalue weighted by Crippen LogP contribution is -2.41. The van der Waals surface area contributed by atoms with Crippen LogP contribution in [0.5, 0.6) is 0 Å². The Hall–Kier alpha value is -0.810. The van der Waals surface area contributed by atoms with Crippen LogP contribution in [0, 0.1) is 11.8 Å². The van der Waals surface area contributed by atoms with Crippen molar-refractivity contribution in [3.8, 4) is 0 Å². The van der Waals surface area contributed by atoms with E-state index in [2.05, 4.69) is 5.32 Å². The molecule has 1 fully saturated rings. The van der Waals surface area contributed by atoms with E-state index < -0.39 is 5.60 Å². The standard InChI is InChI=1S/C13H26N2O3/c1-13(2,3)18-12(16)15-8-11(7-14)10-5-4-6-17-9-10/h10-11H,4-9,14H2,1-3H3,(H,15,16). The summed E-state index contributed by atoms with van der Waals surface area (Å²) in [6.07, 6.45) is 1.82. The van der Waals surface area contributed by atoms with Gasteiger partial charge in [0.05, 0.1) is 0 Å². The van der Waals surface area contributed by atoms with E-state index in [1.165, 1.54) is 0 Å². The van der Waals surface area contributed by atoms with Gasteiger partial charge in [-0.25, -0.2) is 4.79 Å². The van der Waals surface area contributed by atoms with Crippen molar-refractivity contribution < 1.29 is 14.3 Å². The molecule has 0 bridgehead atoms. The Labute approximate surface area is 109 Å². The molecule has 2 atom stereocenters. The SMILES string of the molecule is CC(C)(C)OC(=O)NCC(CN)C1CCCOC1. The highest BCUT2D eigenvalue weighted by molar-refractivity contribution is 5.67. The van der Waals surface area contributed by atoms with Gasteiger partial charge in [-0.3, -0.25) is 0 Å². The number of nitrogens with two attached hydrogens (primary N) is 1. The van der Waals surface area contributed by atoms with E-state index in [9.17, 15) is 4.79 Å². The first-order chi connectivity index (χ1) is 8.42. The van der Waals surface area contributed by atoms with Crippen molar-refractivity contribution in [2.45, 2.75) is 39.2 Å². The molecular formula is C13H26N2O3. The second kappa shape index (κ2) is 6.95. The summed E-state index contributed by atoms with van der Waals surface area (Å²) in [5.74, 6) is 0.705. The van der Waals surface area contributed by atoms with Crippen molar-refractivity contribution in [1.82, 2.24) is 5.32 Å². The summed E-state index contributed by atoms with van der Waals surface area (Å²) in [5.41, 5.74) is 5.31. The van der Waals surface area contributed by atoms with Crippen LogP contribution in [0.1, 0.15) is 33.6 Å². The Bertz CT molecular complexity index is 257. The van der Waals surface area contributed by atoms with Gasteiger partial charge < -0.3 is 20.5 Å². The lowest BCUT2D eigenvalue weighted by molar-refractivity contribution is 0.0282. The fourth-order valence-electron chi connectivity index (χ4n) is 2.11. The van der Waals surface area contributed by atoms with E-state index in [4.69, 9.17) is 15.2 Å². The molecule has 106 valence electrons. The summed E-state index contributed by atoms with van der Waals surface area (Å²) in [6, 6.07) is 0. The molecule has 0 radical (unpaired) electrons. The van der Waals surface area contributed by atoms with E-state index in [0.717, 1.165) is 26.1 Å². The van der Waals surface area contributed by atoms with Crippen LogP contribution in [0.15, 0.2) is 0 Å². The quantitative estimate of drug-likeness (QED) is 0.801. The van der Waals surface area contributed by atoms with Crippen LogP contribution in [0.4, 0.5) is 4.79 Å². The van der Waals surface area contributed by atoms with Crippen molar-refractivity contribution in [2.75, 3.05) is 26.3 Å². The Kier molecular flexibility index (Phi) is 5.88. The molecule has 5 nitrogen and oxygen atoms in total. The Morgan fingerprint density at radius 1 is 1.56 bits per heavy atom. The van der Waals surface area contributed by atoms with Crippen LogP contribution in [-0.4, -0.2) is 38.0 Å². The largest absolute Gasteiger partial charge is 0.444 e. The number of ether oxygens (including phenoxy) is 2. The van der Waals surface area contributed by atoms with Crippen molar-refractivity contribution in [2.24, 2.45) is 17.6 Å². The molecule has 0 spiro atoms. The van der Waals surface area contributed by atoms with Crippen LogP contribution >= 0.6 is 0 Å². The first kappa shape index (κ1) is 15.2. The number of rotatable bonds is 4. The van der Waals surface area contributed by atoms with E-state index in [1.807, 2.05) is 20.8 Å². The minimum absolute atomic E-state index is 0.262.